The van der Waals surface area contributed by atoms with E-state index in [-0.39, 0.29) is 17.0 Å². The maximum absolute atomic E-state index is 12.9. The summed E-state index contributed by atoms with van der Waals surface area (Å²) in [5.74, 6) is 0. The molecule has 0 radical (unpaired) electrons. The summed E-state index contributed by atoms with van der Waals surface area (Å²) in [7, 11) is -3.67. The van der Waals surface area contributed by atoms with E-state index in [1.54, 1.807) is 24.3 Å². The molecule has 8 heteroatoms. The number of hydrogen-bond donors (Lipinski definition) is 3. The molecule has 0 aliphatic heterocycles. The number of aryl methyl sites for hydroxylation is 1. The van der Waals surface area contributed by atoms with Crippen LogP contribution in [0.15, 0.2) is 38.8 Å². The standard InChI is InChI=1S/C23H33N3O4S/c1-3-4-5-8-15-24-20-21(23(28)22(20)27)25-18-9-6-7-10-19(18)26-31(29,30)17-13-11-16(2)12-14-17/h11-14,18-19,24-26H,3-10,15H2,1-2H3/t18-,19-/m1/s1. The number of unbranched alkanes of at least 4 members (excludes halogenated alkanes) is 3. The van der Waals surface area contributed by atoms with Gasteiger partial charge in [-0.25, -0.2) is 13.1 Å². The van der Waals surface area contributed by atoms with Gasteiger partial charge in [-0.15, -0.1) is 0 Å². The van der Waals surface area contributed by atoms with Crippen molar-refractivity contribution in [1.82, 2.24) is 4.72 Å². The lowest BCUT2D eigenvalue weighted by Gasteiger charge is -2.34. The van der Waals surface area contributed by atoms with Crippen molar-refractivity contribution in [3.63, 3.8) is 0 Å². The fourth-order valence-electron chi connectivity index (χ4n) is 4.08. The molecule has 3 rings (SSSR count). The molecule has 1 aliphatic rings. The Morgan fingerprint density at radius 2 is 1.55 bits per heavy atom. The molecule has 3 N–H and O–H groups in total. The van der Waals surface area contributed by atoms with Gasteiger partial charge in [0.2, 0.25) is 10.0 Å². The van der Waals surface area contributed by atoms with Gasteiger partial charge in [-0.3, -0.25) is 9.59 Å². The highest BCUT2D eigenvalue weighted by atomic mass is 32.2. The summed E-state index contributed by atoms with van der Waals surface area (Å²) in [5.41, 5.74) is 0.609. The average Bonchev–Trinajstić information content (AvgIpc) is 2.76. The molecular formula is C23H33N3O4S. The van der Waals surface area contributed by atoms with Crippen molar-refractivity contribution >= 4 is 21.4 Å². The Balaban J connectivity index is 1.68. The predicted octanol–water partition coefficient (Wildman–Crippen LogP) is 3.28. The smallest absolute Gasteiger partial charge is 0.253 e. The first-order valence-corrected chi connectivity index (χ1v) is 12.7. The molecule has 1 fully saturated rings. The maximum atomic E-state index is 12.9. The second-order valence-corrected chi connectivity index (χ2v) is 10.2. The molecule has 0 spiro atoms. The van der Waals surface area contributed by atoms with Crippen LogP contribution >= 0.6 is 0 Å². The van der Waals surface area contributed by atoms with Crippen LogP contribution in [0.1, 0.15) is 63.9 Å². The molecule has 0 aromatic heterocycles. The zero-order valence-electron chi connectivity index (χ0n) is 18.4. The Labute approximate surface area is 184 Å². The monoisotopic (exact) mass is 447 g/mol. The second kappa shape index (κ2) is 10.4. The van der Waals surface area contributed by atoms with Gasteiger partial charge in [0, 0.05) is 18.6 Å². The van der Waals surface area contributed by atoms with Gasteiger partial charge in [-0.1, -0.05) is 56.7 Å². The quantitative estimate of drug-likeness (QED) is 0.361. The molecule has 2 aromatic carbocycles. The van der Waals surface area contributed by atoms with Crippen LogP contribution in [-0.4, -0.2) is 27.0 Å². The Hall–Kier alpha value is -2.19. The van der Waals surface area contributed by atoms with Gasteiger partial charge in [0.25, 0.3) is 10.9 Å². The molecule has 2 aromatic rings. The third kappa shape index (κ3) is 5.74. The first-order chi connectivity index (χ1) is 14.8. The summed E-state index contributed by atoms with van der Waals surface area (Å²) in [5, 5.41) is 6.29. The summed E-state index contributed by atoms with van der Waals surface area (Å²) < 4.78 is 28.5. The Morgan fingerprint density at radius 3 is 2.23 bits per heavy atom. The lowest BCUT2D eigenvalue weighted by molar-refractivity contribution is 0.378. The number of rotatable bonds is 11. The highest BCUT2D eigenvalue weighted by Gasteiger charge is 2.32. The number of nitrogens with one attached hydrogen (secondary N) is 3. The number of benzene rings is 1. The van der Waals surface area contributed by atoms with Crippen LogP contribution in [0.2, 0.25) is 0 Å². The van der Waals surface area contributed by atoms with Gasteiger partial charge in [0.05, 0.1) is 4.90 Å². The summed E-state index contributed by atoms with van der Waals surface area (Å²) >= 11 is 0. The Morgan fingerprint density at radius 1 is 0.903 bits per heavy atom. The minimum absolute atomic E-state index is 0.228. The van der Waals surface area contributed by atoms with E-state index >= 15 is 0 Å². The molecule has 0 saturated heterocycles. The normalized spacial score (nSPS) is 19.4. The van der Waals surface area contributed by atoms with Crippen LogP contribution in [0.5, 0.6) is 0 Å². The molecule has 170 valence electrons. The fourth-order valence-corrected chi connectivity index (χ4v) is 5.39. The van der Waals surface area contributed by atoms with Gasteiger partial charge in [0.15, 0.2) is 0 Å². The van der Waals surface area contributed by atoms with Crippen molar-refractivity contribution in [2.45, 2.75) is 82.2 Å². The van der Waals surface area contributed by atoms with E-state index in [1.165, 1.54) is 0 Å². The van der Waals surface area contributed by atoms with E-state index in [4.69, 9.17) is 0 Å². The zero-order chi connectivity index (χ0) is 22.4. The zero-order valence-corrected chi connectivity index (χ0v) is 19.2. The molecule has 2 atom stereocenters. The van der Waals surface area contributed by atoms with Crippen molar-refractivity contribution in [3.05, 3.63) is 50.3 Å². The third-order valence-corrected chi connectivity index (χ3v) is 7.48. The first kappa shape index (κ1) is 23.5. The highest BCUT2D eigenvalue weighted by molar-refractivity contribution is 7.89. The van der Waals surface area contributed by atoms with E-state index in [0.717, 1.165) is 50.5 Å². The minimum atomic E-state index is -3.67. The summed E-state index contributed by atoms with van der Waals surface area (Å²) in [6, 6.07) is 6.15. The van der Waals surface area contributed by atoms with Crippen LogP contribution in [0.3, 0.4) is 0 Å². The lowest BCUT2D eigenvalue weighted by Crippen LogP contribution is -2.50. The third-order valence-electron chi connectivity index (χ3n) is 5.98. The van der Waals surface area contributed by atoms with E-state index in [9.17, 15) is 18.0 Å². The van der Waals surface area contributed by atoms with Gasteiger partial charge in [0.1, 0.15) is 11.4 Å². The van der Waals surface area contributed by atoms with E-state index in [2.05, 4.69) is 22.3 Å². The SMILES string of the molecule is CCCCCCNc1c(N[C@@H]2CCCC[C@H]2NS(=O)(=O)c2ccc(C)cc2)c(=O)c1=O. The number of hydrogen-bond acceptors (Lipinski definition) is 6. The van der Waals surface area contributed by atoms with Crippen molar-refractivity contribution in [2.24, 2.45) is 0 Å². The van der Waals surface area contributed by atoms with Crippen LogP contribution in [0.25, 0.3) is 0 Å². The van der Waals surface area contributed by atoms with Crippen LogP contribution in [0, 0.1) is 6.92 Å². The molecule has 0 bridgehead atoms. The Bertz CT molecular complexity index is 1040. The summed E-state index contributed by atoms with van der Waals surface area (Å²) in [6.07, 6.45) is 7.55. The van der Waals surface area contributed by atoms with Crippen molar-refractivity contribution in [2.75, 3.05) is 17.2 Å². The van der Waals surface area contributed by atoms with E-state index < -0.39 is 20.9 Å². The summed E-state index contributed by atoms with van der Waals surface area (Å²) in [6.45, 7) is 4.69. The maximum Gasteiger partial charge on any atom is 0.253 e. The van der Waals surface area contributed by atoms with Crippen LogP contribution in [-0.2, 0) is 10.0 Å². The second-order valence-electron chi connectivity index (χ2n) is 8.47. The summed E-state index contributed by atoms with van der Waals surface area (Å²) in [4.78, 5) is 24.4. The van der Waals surface area contributed by atoms with Crippen LogP contribution < -0.4 is 26.2 Å². The molecule has 31 heavy (non-hydrogen) atoms. The molecule has 1 saturated carbocycles. The minimum Gasteiger partial charge on any atom is -0.380 e. The van der Waals surface area contributed by atoms with Crippen LogP contribution in [0.4, 0.5) is 11.4 Å². The fraction of sp³-hybridized carbons (Fsp3) is 0.565. The van der Waals surface area contributed by atoms with E-state index in [0.29, 0.717) is 24.3 Å². The van der Waals surface area contributed by atoms with Crippen molar-refractivity contribution in [3.8, 4) is 0 Å². The molecule has 0 amide bonds. The average molecular weight is 448 g/mol. The highest BCUT2D eigenvalue weighted by Crippen LogP contribution is 2.26. The molecule has 0 unspecified atom stereocenters. The van der Waals surface area contributed by atoms with Gasteiger partial charge >= 0.3 is 0 Å². The molecular weight excluding hydrogens is 414 g/mol. The largest absolute Gasteiger partial charge is 0.380 e. The molecule has 0 heterocycles. The van der Waals surface area contributed by atoms with Crippen molar-refractivity contribution < 1.29 is 8.42 Å². The van der Waals surface area contributed by atoms with Gasteiger partial charge in [-0.05, 0) is 38.3 Å². The first-order valence-electron chi connectivity index (χ1n) is 11.3. The van der Waals surface area contributed by atoms with Crippen molar-refractivity contribution in [1.29, 1.82) is 0 Å². The molecule has 7 nitrogen and oxygen atoms in total. The Kier molecular flexibility index (Phi) is 7.89. The van der Waals surface area contributed by atoms with Gasteiger partial charge < -0.3 is 10.6 Å². The lowest BCUT2D eigenvalue weighted by atomic mass is 9.90. The van der Waals surface area contributed by atoms with E-state index in [1.807, 2.05) is 6.92 Å². The van der Waals surface area contributed by atoms with Gasteiger partial charge in [-0.2, -0.15) is 0 Å². The number of sulfonamides is 1. The predicted molar refractivity (Wildman–Crippen MR) is 125 cm³/mol. The topological polar surface area (TPSA) is 104 Å². The number of anilines is 2. The molecule has 1 aliphatic carbocycles.